The highest BCUT2D eigenvalue weighted by molar-refractivity contribution is 7.16. The standard InChI is InChI=1S/C12H13N3O3S2/c1-4-18-12(17)9-6(2)7(3)20-11(9)13-10(16)8-5-19-15-14-8/h5H,4H2,1-3H3,(H,13,16). The molecule has 0 saturated heterocycles. The van der Waals surface area contributed by atoms with Gasteiger partial charge < -0.3 is 10.1 Å². The highest BCUT2D eigenvalue weighted by atomic mass is 32.1. The molecule has 0 aliphatic carbocycles. The number of thiophene rings is 1. The number of hydrogen-bond donors (Lipinski definition) is 1. The number of aromatic nitrogens is 2. The first-order chi connectivity index (χ1) is 9.54. The number of ether oxygens (including phenoxy) is 1. The van der Waals surface area contributed by atoms with Crippen molar-refractivity contribution >= 4 is 39.7 Å². The first-order valence-corrected chi connectivity index (χ1v) is 7.55. The van der Waals surface area contributed by atoms with E-state index in [0.29, 0.717) is 10.6 Å². The van der Waals surface area contributed by atoms with Gasteiger partial charge in [-0.05, 0) is 37.9 Å². The van der Waals surface area contributed by atoms with E-state index in [1.165, 1.54) is 11.3 Å². The number of carbonyl (C=O) groups excluding carboxylic acids is 2. The highest BCUT2D eigenvalue weighted by Gasteiger charge is 2.22. The summed E-state index contributed by atoms with van der Waals surface area (Å²) in [5.41, 5.74) is 1.46. The molecule has 2 aromatic heterocycles. The van der Waals surface area contributed by atoms with E-state index in [4.69, 9.17) is 4.74 Å². The molecule has 0 spiro atoms. The number of rotatable bonds is 4. The van der Waals surface area contributed by atoms with Crippen LogP contribution in [0.1, 0.15) is 38.2 Å². The molecule has 0 unspecified atom stereocenters. The van der Waals surface area contributed by atoms with Crippen molar-refractivity contribution in [1.82, 2.24) is 9.59 Å². The number of aryl methyl sites for hydroxylation is 1. The monoisotopic (exact) mass is 311 g/mol. The van der Waals surface area contributed by atoms with Crippen LogP contribution in [0.5, 0.6) is 0 Å². The molecule has 6 nitrogen and oxygen atoms in total. The lowest BCUT2D eigenvalue weighted by Gasteiger charge is -2.05. The van der Waals surface area contributed by atoms with Crippen LogP contribution in [-0.2, 0) is 4.74 Å². The Morgan fingerprint density at radius 1 is 1.40 bits per heavy atom. The van der Waals surface area contributed by atoms with E-state index in [2.05, 4.69) is 14.9 Å². The zero-order chi connectivity index (χ0) is 14.7. The van der Waals surface area contributed by atoms with Gasteiger partial charge >= 0.3 is 5.97 Å². The summed E-state index contributed by atoms with van der Waals surface area (Å²) in [4.78, 5) is 24.9. The van der Waals surface area contributed by atoms with Gasteiger partial charge in [0.05, 0.1) is 12.2 Å². The van der Waals surface area contributed by atoms with Crippen molar-refractivity contribution in [1.29, 1.82) is 0 Å². The summed E-state index contributed by atoms with van der Waals surface area (Å²) in [5.74, 6) is -0.813. The molecule has 2 aromatic rings. The number of anilines is 1. The molecule has 0 aliphatic rings. The fraction of sp³-hybridized carbons (Fsp3) is 0.333. The van der Waals surface area contributed by atoms with Crippen LogP contribution in [0.25, 0.3) is 0 Å². The molecule has 0 aliphatic heterocycles. The van der Waals surface area contributed by atoms with Gasteiger partial charge in [0.15, 0.2) is 5.69 Å². The second-order valence-electron chi connectivity index (χ2n) is 3.95. The summed E-state index contributed by atoms with van der Waals surface area (Å²) < 4.78 is 8.66. The number of nitrogens with one attached hydrogen (secondary N) is 1. The van der Waals surface area contributed by atoms with Gasteiger partial charge in [-0.2, -0.15) is 0 Å². The Morgan fingerprint density at radius 3 is 2.75 bits per heavy atom. The summed E-state index contributed by atoms with van der Waals surface area (Å²) in [6.07, 6.45) is 0. The van der Waals surface area contributed by atoms with Crippen LogP contribution in [0.15, 0.2) is 5.38 Å². The minimum Gasteiger partial charge on any atom is -0.462 e. The molecular formula is C12H13N3O3S2. The summed E-state index contributed by atoms with van der Waals surface area (Å²) in [6, 6.07) is 0. The predicted molar refractivity (Wildman–Crippen MR) is 77.6 cm³/mol. The van der Waals surface area contributed by atoms with Crippen LogP contribution in [0, 0.1) is 13.8 Å². The van der Waals surface area contributed by atoms with Crippen molar-refractivity contribution in [2.24, 2.45) is 0 Å². The van der Waals surface area contributed by atoms with E-state index >= 15 is 0 Å². The molecule has 2 rings (SSSR count). The maximum absolute atomic E-state index is 12.0. The van der Waals surface area contributed by atoms with Gasteiger partial charge in [-0.25, -0.2) is 4.79 Å². The molecule has 8 heteroatoms. The third-order valence-corrected chi connectivity index (χ3v) is 4.31. The molecule has 0 aromatic carbocycles. The molecule has 0 saturated carbocycles. The lowest BCUT2D eigenvalue weighted by Crippen LogP contribution is -2.15. The second-order valence-corrected chi connectivity index (χ2v) is 5.79. The van der Waals surface area contributed by atoms with Crippen molar-refractivity contribution in [3.63, 3.8) is 0 Å². The minimum absolute atomic E-state index is 0.230. The minimum atomic E-state index is -0.430. The van der Waals surface area contributed by atoms with Crippen LogP contribution in [0.4, 0.5) is 5.00 Å². The van der Waals surface area contributed by atoms with Crippen molar-refractivity contribution in [3.8, 4) is 0 Å². The van der Waals surface area contributed by atoms with Gasteiger partial charge in [0.1, 0.15) is 5.00 Å². The van der Waals surface area contributed by atoms with Gasteiger partial charge in [-0.1, -0.05) is 4.49 Å². The van der Waals surface area contributed by atoms with Crippen molar-refractivity contribution < 1.29 is 14.3 Å². The third-order valence-electron chi connectivity index (χ3n) is 2.68. The molecule has 0 bridgehead atoms. The van der Waals surface area contributed by atoms with Crippen LogP contribution in [0.3, 0.4) is 0 Å². The largest absolute Gasteiger partial charge is 0.462 e. The quantitative estimate of drug-likeness (QED) is 0.878. The van der Waals surface area contributed by atoms with E-state index in [9.17, 15) is 9.59 Å². The lowest BCUT2D eigenvalue weighted by molar-refractivity contribution is 0.0527. The van der Waals surface area contributed by atoms with Crippen molar-refractivity contribution in [2.75, 3.05) is 11.9 Å². The smallest absolute Gasteiger partial charge is 0.341 e. The Morgan fingerprint density at radius 2 is 2.15 bits per heavy atom. The molecular weight excluding hydrogens is 298 g/mol. The molecule has 20 heavy (non-hydrogen) atoms. The Hall–Kier alpha value is -1.80. The zero-order valence-electron chi connectivity index (χ0n) is 11.2. The lowest BCUT2D eigenvalue weighted by atomic mass is 10.1. The number of esters is 1. The van der Waals surface area contributed by atoms with Crippen molar-refractivity contribution in [2.45, 2.75) is 20.8 Å². The van der Waals surface area contributed by atoms with E-state index in [1.54, 1.807) is 12.3 Å². The van der Waals surface area contributed by atoms with Gasteiger partial charge in [0, 0.05) is 10.3 Å². The molecule has 106 valence electrons. The number of nitrogens with zero attached hydrogens (tertiary/aromatic N) is 2. The Kier molecular flexibility index (Phi) is 4.46. The summed E-state index contributed by atoms with van der Waals surface area (Å²) in [7, 11) is 0. The van der Waals surface area contributed by atoms with E-state index in [0.717, 1.165) is 22.0 Å². The average molecular weight is 311 g/mol. The van der Waals surface area contributed by atoms with Crippen LogP contribution in [-0.4, -0.2) is 28.1 Å². The SMILES string of the molecule is CCOC(=O)c1c(NC(=O)c2csnn2)sc(C)c1C. The Bertz CT molecular complexity index is 635. The van der Waals surface area contributed by atoms with E-state index < -0.39 is 5.97 Å². The molecule has 2 heterocycles. The van der Waals surface area contributed by atoms with Gasteiger partial charge in [0.2, 0.25) is 0 Å². The topological polar surface area (TPSA) is 81.2 Å². The third kappa shape index (κ3) is 2.86. The van der Waals surface area contributed by atoms with Crippen LogP contribution >= 0.6 is 22.9 Å². The van der Waals surface area contributed by atoms with E-state index in [-0.39, 0.29) is 18.2 Å². The van der Waals surface area contributed by atoms with Crippen LogP contribution in [0.2, 0.25) is 0 Å². The first-order valence-electron chi connectivity index (χ1n) is 5.90. The molecule has 0 fully saturated rings. The molecule has 1 N–H and O–H groups in total. The van der Waals surface area contributed by atoms with Crippen molar-refractivity contribution in [3.05, 3.63) is 27.1 Å². The maximum atomic E-state index is 12.0. The predicted octanol–water partition coefficient (Wildman–Crippen LogP) is 2.65. The number of amides is 1. The molecule has 0 atom stereocenters. The average Bonchev–Trinajstić information content (AvgIpc) is 3.00. The Balaban J connectivity index is 2.30. The van der Waals surface area contributed by atoms with E-state index in [1.807, 2.05) is 13.8 Å². The highest BCUT2D eigenvalue weighted by Crippen LogP contribution is 2.33. The molecule has 0 radical (unpaired) electrons. The zero-order valence-corrected chi connectivity index (χ0v) is 12.9. The fourth-order valence-electron chi connectivity index (χ4n) is 1.59. The summed E-state index contributed by atoms with van der Waals surface area (Å²) in [5, 5.41) is 8.43. The van der Waals surface area contributed by atoms with Gasteiger partial charge in [0.25, 0.3) is 5.91 Å². The number of hydrogen-bond acceptors (Lipinski definition) is 7. The normalized spacial score (nSPS) is 10.3. The second kappa shape index (κ2) is 6.10. The summed E-state index contributed by atoms with van der Waals surface area (Å²) in [6.45, 7) is 5.75. The molecule has 1 amide bonds. The van der Waals surface area contributed by atoms with Gasteiger partial charge in [-0.15, -0.1) is 16.4 Å². The Labute approximate surface area is 123 Å². The first kappa shape index (κ1) is 14.6. The van der Waals surface area contributed by atoms with Gasteiger partial charge in [-0.3, -0.25) is 4.79 Å². The maximum Gasteiger partial charge on any atom is 0.341 e. The summed E-state index contributed by atoms with van der Waals surface area (Å²) >= 11 is 2.44. The van der Waals surface area contributed by atoms with Crippen LogP contribution < -0.4 is 5.32 Å². The number of carbonyl (C=O) groups is 2. The fourth-order valence-corrected chi connectivity index (χ4v) is 3.07.